The summed E-state index contributed by atoms with van der Waals surface area (Å²) in [7, 11) is 4.07. The zero-order chi connectivity index (χ0) is 73.4. The number of unbranched alkanes of at least 4 members (excludes halogenated alkanes) is 6. The van der Waals surface area contributed by atoms with E-state index >= 15 is 0 Å². The van der Waals surface area contributed by atoms with E-state index < -0.39 is 63.1 Å². The number of pyridine rings is 2. The first-order valence-corrected chi connectivity index (χ1v) is 35.3. The minimum Gasteiger partial charge on any atom is -0.444 e. The molecule has 4 aliphatic heterocycles. The number of nitrogens with zero attached hydrogens (tertiary/aromatic N) is 7. The number of nitrogens with two attached hydrogens (primary N) is 1. The molecule has 4 fully saturated rings. The first-order valence-electron chi connectivity index (χ1n) is 35.3. The first kappa shape index (κ1) is 79.3. The minimum absolute atomic E-state index is 0.377. The SMILES string of the molecule is CC(C)(C)OC(=O)NCCCCCC=O.CN1CCN(c2ccc(-c3cccc(CN4CCN(CCCCCCN)CC4)c3)cc2NC(=O)c2c[nH]c(=O)cc2C(F)(F)F)CC1.CN1CCN(c2ccc(-c3cccc(CN4CCNCC4)c3)cc2NC(=O)c2c[nH]c(=O)cc2C(F)(F)F)CC1. The zero-order valence-electron chi connectivity index (χ0n) is 59.3. The highest BCUT2D eigenvalue weighted by Gasteiger charge is 2.38. The van der Waals surface area contributed by atoms with Crippen LogP contribution in [-0.2, 0) is 35.0 Å². The van der Waals surface area contributed by atoms with Gasteiger partial charge in [0.2, 0.25) is 11.1 Å². The predicted octanol–water partition coefficient (Wildman–Crippen LogP) is 10.4. The Morgan fingerprint density at radius 1 is 0.529 bits per heavy atom. The van der Waals surface area contributed by atoms with E-state index in [-0.39, 0.29) is 6.09 Å². The van der Waals surface area contributed by atoms with Gasteiger partial charge in [-0.05, 0) is 143 Å². The lowest BCUT2D eigenvalue weighted by molar-refractivity contribution is -0.138. The smallest absolute Gasteiger partial charge is 0.417 e. The fourth-order valence-electron chi connectivity index (χ4n) is 12.6. The number of alkyl carbamates (subject to hydrolysis) is 1. The quantitative estimate of drug-likeness (QED) is 0.0169. The molecular weight excluding hydrogens is 1320 g/mol. The summed E-state index contributed by atoms with van der Waals surface area (Å²) in [6.07, 6.45) is 0.545. The molecule has 102 heavy (non-hydrogen) atoms. The molecule has 27 heteroatoms. The number of rotatable bonds is 24. The Kier molecular flexibility index (Phi) is 29.7. The lowest BCUT2D eigenvalue weighted by Crippen LogP contribution is -2.46. The summed E-state index contributed by atoms with van der Waals surface area (Å²) in [4.78, 5) is 91.5. The van der Waals surface area contributed by atoms with Gasteiger partial charge < -0.3 is 71.0 Å². The molecule has 3 amide bonds. The number of aldehydes is 1. The molecule has 0 aliphatic carbocycles. The summed E-state index contributed by atoms with van der Waals surface area (Å²) in [5.41, 5.74) is 7.73. The van der Waals surface area contributed by atoms with Gasteiger partial charge in [-0.15, -0.1) is 0 Å². The molecule has 0 radical (unpaired) electrons. The van der Waals surface area contributed by atoms with Gasteiger partial charge in [0.25, 0.3) is 11.8 Å². The van der Waals surface area contributed by atoms with Crippen molar-refractivity contribution in [2.24, 2.45) is 5.73 Å². The van der Waals surface area contributed by atoms with Crippen molar-refractivity contribution < 1.29 is 50.3 Å². The molecule has 4 saturated heterocycles. The van der Waals surface area contributed by atoms with Gasteiger partial charge in [-0.2, -0.15) is 26.3 Å². The normalized spacial score (nSPS) is 16.1. The van der Waals surface area contributed by atoms with Gasteiger partial charge >= 0.3 is 18.4 Å². The van der Waals surface area contributed by atoms with Crippen LogP contribution in [-0.4, -0.2) is 203 Å². The van der Waals surface area contributed by atoms with E-state index in [9.17, 15) is 55.1 Å². The van der Waals surface area contributed by atoms with Crippen LogP contribution in [0.3, 0.4) is 0 Å². The van der Waals surface area contributed by atoms with Crippen molar-refractivity contribution in [3.63, 3.8) is 0 Å². The largest absolute Gasteiger partial charge is 0.444 e. The van der Waals surface area contributed by atoms with Crippen LogP contribution in [0, 0.1) is 0 Å². The van der Waals surface area contributed by atoms with Crippen molar-refractivity contribution in [1.29, 1.82) is 0 Å². The van der Waals surface area contributed by atoms with E-state index in [1.807, 2.05) is 95.5 Å². The van der Waals surface area contributed by atoms with E-state index in [2.05, 4.69) is 89.8 Å². The lowest BCUT2D eigenvalue weighted by atomic mass is 10.0. The van der Waals surface area contributed by atoms with Crippen molar-refractivity contribution in [3.8, 4) is 22.3 Å². The molecule has 0 bridgehead atoms. The molecule has 6 aromatic rings. The van der Waals surface area contributed by atoms with Gasteiger partial charge in [0.1, 0.15) is 11.9 Å². The van der Waals surface area contributed by atoms with Crippen LogP contribution in [0.4, 0.5) is 53.9 Å². The van der Waals surface area contributed by atoms with Crippen LogP contribution in [0.25, 0.3) is 22.3 Å². The molecule has 6 heterocycles. The molecule has 8 N–H and O–H groups in total. The van der Waals surface area contributed by atoms with Gasteiger partial charge in [0.15, 0.2) is 0 Å². The molecular formula is C75H100F6N14O7. The monoisotopic (exact) mass is 1420 g/mol. The highest BCUT2D eigenvalue weighted by molar-refractivity contribution is 6.08. The third kappa shape index (κ3) is 24.9. The third-order valence-corrected chi connectivity index (χ3v) is 18.2. The Balaban J connectivity index is 0.000000218. The summed E-state index contributed by atoms with van der Waals surface area (Å²) in [5, 5.41) is 11.5. The van der Waals surface area contributed by atoms with Crippen molar-refractivity contribution in [2.75, 3.05) is 159 Å². The fraction of sp³-hybridized carbons (Fsp3) is 0.493. The number of piperazine rings is 4. The van der Waals surface area contributed by atoms with Crippen LogP contribution in [0.15, 0.2) is 119 Å². The molecule has 0 spiro atoms. The number of H-pyrrole nitrogens is 2. The maximum atomic E-state index is 13.8. The number of alkyl halides is 6. The molecule has 0 unspecified atom stereocenters. The van der Waals surface area contributed by atoms with Crippen molar-refractivity contribution in [1.82, 2.24) is 45.1 Å². The van der Waals surface area contributed by atoms with Crippen molar-refractivity contribution in [2.45, 2.75) is 103 Å². The summed E-state index contributed by atoms with van der Waals surface area (Å²) in [5.74, 6) is -1.88. The summed E-state index contributed by atoms with van der Waals surface area (Å²) in [6, 6.07) is 28.8. The van der Waals surface area contributed by atoms with Crippen LogP contribution in [0.5, 0.6) is 0 Å². The highest BCUT2D eigenvalue weighted by Crippen LogP contribution is 2.38. The number of aromatic amines is 2. The Bertz CT molecular complexity index is 3810. The maximum Gasteiger partial charge on any atom is 0.417 e. The zero-order valence-corrected chi connectivity index (χ0v) is 59.3. The van der Waals surface area contributed by atoms with Gasteiger partial charge in [-0.1, -0.05) is 67.8 Å². The van der Waals surface area contributed by atoms with Crippen LogP contribution >= 0.6 is 0 Å². The standard InChI is InChI=1S/C35H46F3N7O2.C29H33F3N6O2.C11H21NO3/c1-42-13-19-45(20-14-42)32-10-9-28(22-31(32)41-34(47)29-24-40-33(46)23-30(29)35(36,37)38)27-8-6-7-26(21-27)25-44-17-15-43(16-18-44)12-5-3-2-4-11-39;1-36-11-13-38(14-12-36)26-6-5-22(21-4-2-3-20(15-21)19-37-9-7-33-8-10-37)16-25(26)35-28(40)23-18-34-27(39)17-24(23)29(30,31)32;1-11(2,3)15-10(14)12-8-6-4-5-7-9-13/h6-10,21-24H,2-5,11-20,25,39H2,1H3,(H,40,46)(H,41,47);2-6,15-18,33H,7-14,19H2,1H3,(H,34,39)(H,35,40);9H,4-8H2,1-3H3,(H,12,14). The van der Waals surface area contributed by atoms with Crippen LogP contribution < -0.4 is 47.9 Å². The number of nitrogens with one attached hydrogen (secondary N) is 6. The fourth-order valence-corrected chi connectivity index (χ4v) is 12.6. The molecule has 0 saturated carbocycles. The molecule has 0 atom stereocenters. The number of anilines is 4. The van der Waals surface area contributed by atoms with Crippen LogP contribution in [0.1, 0.15) is 115 Å². The first-order chi connectivity index (χ1) is 48.7. The van der Waals surface area contributed by atoms with E-state index in [0.717, 1.165) is 188 Å². The summed E-state index contributed by atoms with van der Waals surface area (Å²) in [6.45, 7) is 23.8. The topological polar surface area (TPSA) is 240 Å². The number of hydrogen-bond donors (Lipinski definition) is 7. The molecule has 554 valence electrons. The average molecular weight is 1420 g/mol. The van der Waals surface area contributed by atoms with E-state index in [0.29, 0.717) is 62.7 Å². The number of benzene rings is 4. The molecule has 2 aromatic heterocycles. The second-order valence-corrected chi connectivity index (χ2v) is 27.4. The number of halogens is 6. The number of aromatic nitrogens is 2. The number of carbonyl (C=O) groups is 4. The van der Waals surface area contributed by atoms with E-state index in [1.54, 1.807) is 0 Å². The Morgan fingerprint density at radius 2 is 0.971 bits per heavy atom. The molecule has 4 aliphatic rings. The number of ether oxygens (including phenoxy) is 1. The van der Waals surface area contributed by atoms with E-state index in [1.165, 1.54) is 24.8 Å². The van der Waals surface area contributed by atoms with Crippen LogP contribution in [0.2, 0.25) is 0 Å². The summed E-state index contributed by atoms with van der Waals surface area (Å²) >= 11 is 0. The van der Waals surface area contributed by atoms with Gasteiger partial charge in [-0.3, -0.25) is 29.0 Å². The molecule has 4 aromatic carbocycles. The molecule has 10 rings (SSSR count). The van der Waals surface area contributed by atoms with Gasteiger partial charge in [-0.25, -0.2) is 4.79 Å². The number of hydrogen-bond acceptors (Lipinski definition) is 16. The third-order valence-electron chi connectivity index (χ3n) is 18.2. The van der Waals surface area contributed by atoms with E-state index in [4.69, 9.17) is 10.5 Å². The van der Waals surface area contributed by atoms with Crippen molar-refractivity contribution in [3.05, 3.63) is 164 Å². The Morgan fingerprint density at radius 3 is 1.42 bits per heavy atom. The highest BCUT2D eigenvalue weighted by atomic mass is 19.4. The Labute approximate surface area is 593 Å². The van der Waals surface area contributed by atoms with Crippen molar-refractivity contribution >= 4 is 46.9 Å². The maximum absolute atomic E-state index is 13.8. The average Bonchev–Trinajstić information content (AvgIpc) is 0.799. The Hall–Kier alpha value is -8.44. The minimum atomic E-state index is -4.86. The second-order valence-electron chi connectivity index (χ2n) is 27.4. The number of likely N-dealkylation sites (N-methyl/N-ethyl adjacent to an activating group) is 2. The second kappa shape index (κ2) is 38.2. The van der Waals surface area contributed by atoms with Gasteiger partial charge in [0, 0.05) is 155 Å². The van der Waals surface area contributed by atoms with Gasteiger partial charge in [0.05, 0.1) is 45.0 Å². The lowest BCUT2D eigenvalue weighted by Gasteiger charge is -2.35. The number of amides is 3. The molecule has 21 nitrogen and oxygen atoms in total. The predicted molar refractivity (Wildman–Crippen MR) is 389 cm³/mol. The number of carbonyl (C=O) groups excluding carboxylic acids is 4. The summed E-state index contributed by atoms with van der Waals surface area (Å²) < 4.78 is 87.4.